The molecule has 0 N–H and O–H groups in total. The second-order valence-corrected chi connectivity index (χ2v) is 6.77. The molecule has 0 nitrogen and oxygen atoms in total. The normalized spacial score (nSPS) is 12.4. The molecule has 0 aliphatic heterocycles. The molecule has 0 aromatic carbocycles. The summed E-state index contributed by atoms with van der Waals surface area (Å²) in [4.78, 5) is 0. The van der Waals surface area contributed by atoms with Crippen molar-refractivity contribution in [2.45, 2.75) is 98.8 Å². The van der Waals surface area contributed by atoms with Gasteiger partial charge in [-0.15, -0.1) is 0 Å². The first-order chi connectivity index (χ1) is 7.98. The van der Waals surface area contributed by atoms with Gasteiger partial charge in [-0.25, -0.2) is 0 Å². The van der Waals surface area contributed by atoms with E-state index in [1.54, 1.807) is 5.92 Å². The van der Waals surface area contributed by atoms with Crippen LogP contribution in [-0.4, -0.2) is 0 Å². The lowest BCUT2D eigenvalue weighted by molar-refractivity contribution is 0.302. The lowest BCUT2D eigenvalue weighted by atomic mass is 9.79. The highest BCUT2D eigenvalue weighted by Crippen LogP contribution is 2.32. The molecule has 0 fully saturated rings. The molecule has 0 bridgehead atoms. The summed E-state index contributed by atoms with van der Waals surface area (Å²) < 4.78 is 0. The van der Waals surface area contributed by atoms with E-state index < -0.39 is 0 Å². The second-order valence-electron chi connectivity index (χ2n) is 6.77. The molecule has 0 aromatic rings. The van der Waals surface area contributed by atoms with Gasteiger partial charge in [-0.1, -0.05) is 86.0 Å². The SMILES string of the molecule is CCCCCCCCCCC(C)(C)C[C](C)C. The van der Waals surface area contributed by atoms with Crippen LogP contribution in [0.3, 0.4) is 0 Å². The second kappa shape index (κ2) is 9.97. The van der Waals surface area contributed by atoms with Crippen LogP contribution in [-0.2, 0) is 0 Å². The van der Waals surface area contributed by atoms with Crippen LogP contribution in [0.1, 0.15) is 98.8 Å². The van der Waals surface area contributed by atoms with Gasteiger partial charge in [0, 0.05) is 0 Å². The standard InChI is InChI=1S/C17H35/c1-6-7-8-9-10-11-12-13-14-17(4,5)15-16(2)3/h6-15H2,1-5H3. The summed E-state index contributed by atoms with van der Waals surface area (Å²) in [6, 6.07) is 0. The molecule has 0 rings (SSSR count). The molecule has 0 spiro atoms. The van der Waals surface area contributed by atoms with Crippen molar-refractivity contribution < 1.29 is 0 Å². The molecule has 103 valence electrons. The average molecular weight is 239 g/mol. The first kappa shape index (κ1) is 17.0. The summed E-state index contributed by atoms with van der Waals surface area (Å²) in [5.41, 5.74) is 0.529. The maximum absolute atomic E-state index is 2.42. The van der Waals surface area contributed by atoms with Crippen LogP contribution >= 0.6 is 0 Å². The molecule has 0 aliphatic rings. The van der Waals surface area contributed by atoms with Gasteiger partial charge in [0.2, 0.25) is 0 Å². The molecule has 0 saturated carbocycles. The molecule has 0 aromatic heterocycles. The van der Waals surface area contributed by atoms with Gasteiger partial charge in [-0.05, 0) is 24.2 Å². The van der Waals surface area contributed by atoms with E-state index >= 15 is 0 Å². The minimum Gasteiger partial charge on any atom is -0.0654 e. The van der Waals surface area contributed by atoms with Crippen molar-refractivity contribution in [3.05, 3.63) is 5.92 Å². The van der Waals surface area contributed by atoms with Gasteiger partial charge in [-0.2, -0.15) is 0 Å². The largest absolute Gasteiger partial charge is 0.0654 e. The Labute approximate surface area is 111 Å². The van der Waals surface area contributed by atoms with Crippen LogP contribution in [0.25, 0.3) is 0 Å². The van der Waals surface area contributed by atoms with Crippen molar-refractivity contribution >= 4 is 0 Å². The molecule has 1 radical (unpaired) electrons. The highest BCUT2D eigenvalue weighted by Gasteiger charge is 2.18. The quantitative estimate of drug-likeness (QED) is 0.359. The highest BCUT2D eigenvalue weighted by atomic mass is 14.2. The Morgan fingerprint density at radius 2 is 1.24 bits per heavy atom. The van der Waals surface area contributed by atoms with E-state index in [1.165, 1.54) is 64.2 Å². The zero-order valence-electron chi connectivity index (χ0n) is 13.1. The van der Waals surface area contributed by atoms with Crippen LogP contribution in [0.5, 0.6) is 0 Å². The number of hydrogen-bond acceptors (Lipinski definition) is 0. The van der Waals surface area contributed by atoms with E-state index in [0.29, 0.717) is 5.41 Å². The molecule has 0 aliphatic carbocycles. The van der Waals surface area contributed by atoms with Crippen molar-refractivity contribution in [3.8, 4) is 0 Å². The minimum atomic E-state index is 0.529. The lowest BCUT2D eigenvalue weighted by Gasteiger charge is -2.26. The summed E-state index contributed by atoms with van der Waals surface area (Å²) in [7, 11) is 0. The zero-order chi connectivity index (χ0) is 13.1. The maximum Gasteiger partial charge on any atom is -0.0298 e. The fourth-order valence-electron chi connectivity index (χ4n) is 2.78. The lowest BCUT2D eigenvalue weighted by Crippen LogP contribution is -2.13. The van der Waals surface area contributed by atoms with E-state index in [2.05, 4.69) is 34.6 Å². The highest BCUT2D eigenvalue weighted by molar-refractivity contribution is 4.85. The van der Waals surface area contributed by atoms with E-state index in [4.69, 9.17) is 0 Å². The zero-order valence-corrected chi connectivity index (χ0v) is 13.1. The predicted octanol–water partition coefficient (Wildman–Crippen LogP) is 6.55. The Kier molecular flexibility index (Phi) is 9.97. The van der Waals surface area contributed by atoms with Crippen molar-refractivity contribution in [3.63, 3.8) is 0 Å². The number of unbranched alkanes of at least 4 members (excludes halogenated alkanes) is 7. The summed E-state index contributed by atoms with van der Waals surface area (Å²) in [6.45, 7) is 11.6. The summed E-state index contributed by atoms with van der Waals surface area (Å²) in [5, 5.41) is 0. The summed E-state index contributed by atoms with van der Waals surface area (Å²) >= 11 is 0. The number of rotatable bonds is 11. The molecule has 0 amide bonds. The van der Waals surface area contributed by atoms with Gasteiger partial charge in [0.1, 0.15) is 0 Å². The topological polar surface area (TPSA) is 0 Å². The fourth-order valence-corrected chi connectivity index (χ4v) is 2.78. The summed E-state index contributed by atoms with van der Waals surface area (Å²) in [5.74, 6) is 1.58. The van der Waals surface area contributed by atoms with Crippen LogP contribution in [0, 0.1) is 11.3 Å². The van der Waals surface area contributed by atoms with Crippen LogP contribution in [0.2, 0.25) is 0 Å². The average Bonchev–Trinajstić information content (AvgIpc) is 2.20. The molecule has 0 atom stereocenters. The molecule has 17 heavy (non-hydrogen) atoms. The van der Waals surface area contributed by atoms with Crippen molar-refractivity contribution in [2.75, 3.05) is 0 Å². The monoisotopic (exact) mass is 239 g/mol. The predicted molar refractivity (Wildman–Crippen MR) is 80.2 cm³/mol. The van der Waals surface area contributed by atoms with Gasteiger partial charge in [0.25, 0.3) is 0 Å². The minimum absolute atomic E-state index is 0.529. The van der Waals surface area contributed by atoms with Crippen molar-refractivity contribution in [1.29, 1.82) is 0 Å². The molecule has 0 heterocycles. The van der Waals surface area contributed by atoms with Crippen molar-refractivity contribution in [1.82, 2.24) is 0 Å². The van der Waals surface area contributed by atoms with Gasteiger partial charge in [-0.3, -0.25) is 0 Å². The van der Waals surface area contributed by atoms with Gasteiger partial charge in [0.15, 0.2) is 0 Å². The van der Waals surface area contributed by atoms with Gasteiger partial charge in [0.05, 0.1) is 0 Å². The molecule has 0 saturated heterocycles. The molecular weight excluding hydrogens is 204 g/mol. The third-order valence-corrected chi connectivity index (χ3v) is 3.54. The maximum atomic E-state index is 2.42. The Hall–Kier alpha value is 0. The Morgan fingerprint density at radius 3 is 1.71 bits per heavy atom. The molecule has 0 heteroatoms. The Morgan fingerprint density at radius 1 is 0.765 bits per heavy atom. The van der Waals surface area contributed by atoms with E-state index in [-0.39, 0.29) is 0 Å². The van der Waals surface area contributed by atoms with Crippen LogP contribution in [0.4, 0.5) is 0 Å². The first-order valence-corrected chi connectivity index (χ1v) is 7.77. The van der Waals surface area contributed by atoms with E-state index in [9.17, 15) is 0 Å². The van der Waals surface area contributed by atoms with E-state index in [0.717, 1.165) is 0 Å². The van der Waals surface area contributed by atoms with Crippen LogP contribution < -0.4 is 0 Å². The molecular formula is C17H35. The number of hydrogen-bond donors (Lipinski definition) is 0. The fraction of sp³-hybridized carbons (Fsp3) is 0.941. The Bertz CT molecular complexity index is 155. The summed E-state index contributed by atoms with van der Waals surface area (Å²) in [6.07, 6.45) is 14.2. The first-order valence-electron chi connectivity index (χ1n) is 7.77. The van der Waals surface area contributed by atoms with Gasteiger partial charge < -0.3 is 0 Å². The molecule has 0 unspecified atom stereocenters. The third kappa shape index (κ3) is 12.2. The third-order valence-electron chi connectivity index (χ3n) is 3.54. The van der Waals surface area contributed by atoms with E-state index in [1.807, 2.05) is 0 Å². The smallest absolute Gasteiger partial charge is 0.0298 e. The van der Waals surface area contributed by atoms with Gasteiger partial charge >= 0.3 is 0 Å². The van der Waals surface area contributed by atoms with Crippen molar-refractivity contribution in [2.24, 2.45) is 5.41 Å². The Balaban J connectivity index is 3.32. The van der Waals surface area contributed by atoms with Crippen LogP contribution in [0.15, 0.2) is 0 Å².